The Morgan fingerprint density at radius 2 is 2.41 bits per heavy atom. The second-order valence-corrected chi connectivity index (χ2v) is 5.27. The predicted molar refractivity (Wildman–Crippen MR) is 83.3 cm³/mol. The Morgan fingerprint density at radius 1 is 1.59 bits per heavy atom. The molecule has 1 N–H and O–H groups in total. The molecule has 1 heterocycles. The molecular weight excluding hydrogens is 280 g/mol. The van der Waals surface area contributed by atoms with Crippen LogP contribution in [0, 0.1) is 11.3 Å². The number of methoxy groups -OCH3 is 1. The molecule has 0 saturated heterocycles. The number of nitrogens with one attached hydrogen (secondary N) is 1. The first-order chi connectivity index (χ1) is 10.6. The highest BCUT2D eigenvalue weighted by Crippen LogP contribution is 2.29. The molecule has 1 amide bonds. The minimum Gasteiger partial charge on any atom is -0.490 e. The van der Waals surface area contributed by atoms with Crippen molar-refractivity contribution in [2.45, 2.75) is 25.9 Å². The van der Waals surface area contributed by atoms with Crippen molar-refractivity contribution in [1.82, 2.24) is 5.32 Å². The molecule has 0 spiro atoms. The number of rotatable bonds is 6. The number of hydrogen-bond donors (Lipinski definition) is 1. The zero-order valence-electron chi connectivity index (χ0n) is 12.9. The van der Waals surface area contributed by atoms with Gasteiger partial charge in [0.1, 0.15) is 23.5 Å². The van der Waals surface area contributed by atoms with Gasteiger partial charge >= 0.3 is 0 Å². The van der Waals surface area contributed by atoms with Crippen molar-refractivity contribution in [2.24, 2.45) is 0 Å². The number of carbonyl (C=O) groups excluding carboxylic acids is 1. The Morgan fingerprint density at radius 3 is 3.14 bits per heavy atom. The molecule has 22 heavy (non-hydrogen) atoms. The zero-order chi connectivity index (χ0) is 15.9. The van der Waals surface area contributed by atoms with Crippen molar-refractivity contribution in [3.63, 3.8) is 0 Å². The lowest BCUT2D eigenvalue weighted by Crippen LogP contribution is -2.26. The number of benzene rings is 1. The van der Waals surface area contributed by atoms with E-state index in [4.69, 9.17) is 14.7 Å². The summed E-state index contributed by atoms with van der Waals surface area (Å²) >= 11 is 0. The molecule has 0 aliphatic carbocycles. The Bertz CT molecular complexity index is 617. The largest absolute Gasteiger partial charge is 0.490 e. The summed E-state index contributed by atoms with van der Waals surface area (Å²) in [4.78, 5) is 12.0. The number of hydrogen-bond acceptors (Lipinski definition) is 4. The van der Waals surface area contributed by atoms with E-state index >= 15 is 0 Å². The van der Waals surface area contributed by atoms with Gasteiger partial charge in [-0.1, -0.05) is 6.07 Å². The van der Waals surface area contributed by atoms with Crippen LogP contribution in [0.2, 0.25) is 0 Å². The van der Waals surface area contributed by atoms with Gasteiger partial charge in [0.2, 0.25) is 0 Å². The highest BCUT2D eigenvalue weighted by molar-refractivity contribution is 6.01. The van der Waals surface area contributed by atoms with E-state index in [1.807, 2.05) is 31.2 Å². The van der Waals surface area contributed by atoms with Gasteiger partial charge in [0.25, 0.3) is 5.91 Å². The summed E-state index contributed by atoms with van der Waals surface area (Å²) in [5.74, 6) is 0.524. The van der Waals surface area contributed by atoms with Crippen LogP contribution in [0.25, 0.3) is 6.08 Å². The van der Waals surface area contributed by atoms with E-state index in [2.05, 4.69) is 5.32 Å². The standard InChI is InChI=1S/C17H20N2O3/c1-12-8-14-9-13(4-5-16(14)22-12)10-15(11-18)17(20)19-6-3-7-21-2/h4-5,9-10,12H,3,6-8H2,1-2H3,(H,19,20)/b15-10+/t12-/m0/s1. The fourth-order valence-corrected chi connectivity index (χ4v) is 2.36. The van der Waals surface area contributed by atoms with Gasteiger partial charge in [0, 0.05) is 26.7 Å². The number of nitrogens with zero attached hydrogens (tertiary/aromatic N) is 1. The monoisotopic (exact) mass is 300 g/mol. The van der Waals surface area contributed by atoms with Crippen LogP contribution in [-0.2, 0) is 16.0 Å². The lowest BCUT2D eigenvalue weighted by Gasteiger charge is -2.04. The molecule has 0 saturated carbocycles. The summed E-state index contributed by atoms with van der Waals surface area (Å²) in [6.07, 6.45) is 3.35. The molecule has 5 nitrogen and oxygen atoms in total. The molecule has 116 valence electrons. The Hall–Kier alpha value is -2.32. The molecular formula is C17H20N2O3. The normalized spacial score (nSPS) is 16.6. The van der Waals surface area contributed by atoms with Crippen molar-refractivity contribution < 1.29 is 14.3 Å². The highest BCUT2D eigenvalue weighted by atomic mass is 16.5. The molecule has 1 aromatic carbocycles. The Kier molecular flexibility index (Phi) is 5.56. The van der Waals surface area contributed by atoms with E-state index in [0.29, 0.717) is 13.2 Å². The molecule has 1 aliphatic heterocycles. The smallest absolute Gasteiger partial charge is 0.261 e. The third-order valence-electron chi connectivity index (χ3n) is 3.41. The minimum absolute atomic E-state index is 0.101. The van der Waals surface area contributed by atoms with Gasteiger partial charge in [-0.15, -0.1) is 0 Å². The van der Waals surface area contributed by atoms with E-state index in [0.717, 1.165) is 29.7 Å². The number of ether oxygens (including phenoxy) is 2. The SMILES string of the molecule is COCCCNC(=O)/C(C#N)=C/c1ccc2c(c1)C[C@H](C)O2. The molecule has 0 bridgehead atoms. The molecule has 5 heteroatoms. The zero-order valence-corrected chi connectivity index (χ0v) is 12.9. The lowest BCUT2D eigenvalue weighted by atomic mass is 10.0. The first-order valence-electron chi connectivity index (χ1n) is 7.32. The number of fused-ring (bicyclic) bond motifs is 1. The van der Waals surface area contributed by atoms with Gasteiger partial charge in [0.15, 0.2) is 0 Å². The topological polar surface area (TPSA) is 71.3 Å². The molecule has 0 fully saturated rings. The van der Waals surface area contributed by atoms with E-state index in [1.165, 1.54) is 0 Å². The van der Waals surface area contributed by atoms with Gasteiger partial charge in [-0.2, -0.15) is 5.26 Å². The summed E-state index contributed by atoms with van der Waals surface area (Å²) in [6, 6.07) is 7.66. The van der Waals surface area contributed by atoms with Gasteiger partial charge in [-0.25, -0.2) is 0 Å². The highest BCUT2D eigenvalue weighted by Gasteiger charge is 2.18. The van der Waals surface area contributed by atoms with Crippen molar-refractivity contribution in [2.75, 3.05) is 20.3 Å². The van der Waals surface area contributed by atoms with Crippen LogP contribution in [0.1, 0.15) is 24.5 Å². The Balaban J connectivity index is 2.04. The maximum Gasteiger partial charge on any atom is 0.261 e. The summed E-state index contributed by atoms with van der Waals surface area (Å²) in [6.45, 7) is 3.08. The molecule has 1 aromatic rings. The van der Waals surface area contributed by atoms with Crippen LogP contribution in [-0.4, -0.2) is 32.3 Å². The summed E-state index contributed by atoms with van der Waals surface area (Å²) in [5.41, 5.74) is 2.04. The van der Waals surface area contributed by atoms with Crippen LogP contribution in [0.5, 0.6) is 5.75 Å². The van der Waals surface area contributed by atoms with Crippen LogP contribution in [0.4, 0.5) is 0 Å². The average Bonchev–Trinajstić information content (AvgIpc) is 2.88. The maximum atomic E-state index is 12.0. The van der Waals surface area contributed by atoms with Crippen LogP contribution < -0.4 is 10.1 Å². The second-order valence-electron chi connectivity index (χ2n) is 5.27. The third kappa shape index (κ3) is 4.09. The van der Waals surface area contributed by atoms with Crippen molar-refractivity contribution in [1.29, 1.82) is 5.26 Å². The maximum absolute atomic E-state index is 12.0. The van der Waals surface area contributed by atoms with E-state index in [-0.39, 0.29) is 17.6 Å². The van der Waals surface area contributed by atoms with Crippen LogP contribution in [0.15, 0.2) is 23.8 Å². The first-order valence-corrected chi connectivity index (χ1v) is 7.32. The van der Waals surface area contributed by atoms with Crippen LogP contribution in [0.3, 0.4) is 0 Å². The third-order valence-corrected chi connectivity index (χ3v) is 3.41. The van der Waals surface area contributed by atoms with E-state index < -0.39 is 0 Å². The molecule has 1 atom stereocenters. The summed E-state index contributed by atoms with van der Waals surface area (Å²) < 4.78 is 10.6. The summed E-state index contributed by atoms with van der Waals surface area (Å²) in [5, 5.41) is 11.9. The van der Waals surface area contributed by atoms with E-state index in [9.17, 15) is 4.79 Å². The number of carbonyl (C=O) groups is 1. The van der Waals surface area contributed by atoms with Gasteiger partial charge in [0.05, 0.1) is 0 Å². The predicted octanol–water partition coefficient (Wildman–Crippen LogP) is 2.07. The van der Waals surface area contributed by atoms with Crippen molar-refractivity contribution in [3.05, 3.63) is 34.9 Å². The fraction of sp³-hybridized carbons (Fsp3) is 0.412. The molecule has 1 aliphatic rings. The first kappa shape index (κ1) is 16.1. The van der Waals surface area contributed by atoms with Crippen molar-refractivity contribution in [3.8, 4) is 11.8 Å². The molecule has 0 aromatic heterocycles. The molecule has 0 unspecified atom stereocenters. The molecule has 2 rings (SSSR count). The van der Waals surface area contributed by atoms with Gasteiger partial charge in [-0.05, 0) is 42.7 Å². The fourth-order valence-electron chi connectivity index (χ4n) is 2.36. The van der Waals surface area contributed by atoms with Gasteiger partial charge in [-0.3, -0.25) is 4.79 Å². The minimum atomic E-state index is -0.358. The number of amides is 1. The number of nitriles is 1. The lowest BCUT2D eigenvalue weighted by molar-refractivity contribution is -0.117. The molecule has 0 radical (unpaired) electrons. The van der Waals surface area contributed by atoms with Crippen LogP contribution >= 0.6 is 0 Å². The average molecular weight is 300 g/mol. The van der Waals surface area contributed by atoms with Gasteiger partial charge < -0.3 is 14.8 Å². The Labute approximate surface area is 130 Å². The van der Waals surface area contributed by atoms with E-state index in [1.54, 1.807) is 13.2 Å². The quantitative estimate of drug-likeness (QED) is 0.496. The second kappa shape index (κ2) is 7.62. The van der Waals surface area contributed by atoms with Crippen molar-refractivity contribution >= 4 is 12.0 Å². The summed E-state index contributed by atoms with van der Waals surface area (Å²) in [7, 11) is 1.61.